The number of carbonyl (C=O) groups is 2. The summed E-state index contributed by atoms with van der Waals surface area (Å²) in [6, 6.07) is 16.3. The van der Waals surface area contributed by atoms with Gasteiger partial charge in [-0.2, -0.15) is 0 Å². The van der Waals surface area contributed by atoms with Crippen LogP contribution in [0.3, 0.4) is 0 Å². The number of benzene rings is 3. The number of rotatable bonds is 5. The first kappa shape index (κ1) is 17.3. The van der Waals surface area contributed by atoms with E-state index in [9.17, 15) is 19.8 Å². The summed E-state index contributed by atoms with van der Waals surface area (Å²) in [5, 5.41) is 21.2. The molecule has 3 aromatic rings. The van der Waals surface area contributed by atoms with E-state index in [2.05, 4.69) is 0 Å². The lowest BCUT2D eigenvalue weighted by atomic mass is 10.1. The van der Waals surface area contributed by atoms with E-state index in [1.54, 1.807) is 30.3 Å². The van der Waals surface area contributed by atoms with Gasteiger partial charge in [-0.05, 0) is 23.6 Å². The summed E-state index contributed by atoms with van der Waals surface area (Å²) < 4.78 is 9.99. The molecular weight excluding hydrogens is 336 g/mol. The Hall–Kier alpha value is -3.54. The van der Waals surface area contributed by atoms with Crippen molar-refractivity contribution in [1.82, 2.24) is 0 Å². The molecule has 0 heterocycles. The van der Waals surface area contributed by atoms with Crippen LogP contribution in [0.25, 0.3) is 10.8 Å². The molecule has 0 aliphatic heterocycles. The van der Waals surface area contributed by atoms with Gasteiger partial charge in [-0.3, -0.25) is 0 Å². The van der Waals surface area contributed by atoms with Crippen molar-refractivity contribution in [1.29, 1.82) is 0 Å². The van der Waals surface area contributed by atoms with Gasteiger partial charge in [0.25, 0.3) is 0 Å². The Morgan fingerprint density at radius 3 is 2.08 bits per heavy atom. The molecule has 0 aromatic heterocycles. The number of carbonyl (C=O) groups excluding carboxylic acids is 2. The highest BCUT2D eigenvalue weighted by Crippen LogP contribution is 2.29. The zero-order valence-electron chi connectivity index (χ0n) is 13.7. The molecule has 0 saturated heterocycles. The smallest absolute Gasteiger partial charge is 0.342 e. The number of hydrogen-bond donors (Lipinski definition) is 2. The number of para-hydroxylation sites is 1. The van der Waals surface area contributed by atoms with Crippen molar-refractivity contribution < 1.29 is 29.3 Å². The number of phenolic OH excluding ortho intramolecular Hbond substituents is 2. The molecule has 0 spiro atoms. The second kappa shape index (κ2) is 7.57. The summed E-state index contributed by atoms with van der Waals surface area (Å²) in [4.78, 5) is 23.9. The van der Waals surface area contributed by atoms with E-state index in [1.165, 1.54) is 18.2 Å². The molecule has 0 atom stereocenters. The summed E-state index contributed by atoms with van der Waals surface area (Å²) >= 11 is 0. The zero-order chi connectivity index (χ0) is 18.5. The van der Waals surface area contributed by atoms with Gasteiger partial charge in [0.1, 0.15) is 35.8 Å². The monoisotopic (exact) mass is 352 g/mol. The Morgan fingerprint density at radius 2 is 1.35 bits per heavy atom. The first-order chi connectivity index (χ1) is 12.6. The predicted molar refractivity (Wildman–Crippen MR) is 94.3 cm³/mol. The molecule has 0 saturated carbocycles. The van der Waals surface area contributed by atoms with Crippen molar-refractivity contribution in [2.75, 3.05) is 13.2 Å². The molecule has 6 heteroatoms. The SMILES string of the molecule is O=C(OCCOC(=O)c1ccc2ccccc2c1O)c1ccccc1O. The van der Waals surface area contributed by atoms with E-state index in [0.717, 1.165) is 5.39 Å². The normalized spacial score (nSPS) is 10.5. The fourth-order valence-electron chi connectivity index (χ4n) is 2.49. The molecule has 0 aliphatic carbocycles. The predicted octanol–water partition coefficient (Wildman–Crippen LogP) is 3.26. The van der Waals surface area contributed by atoms with Gasteiger partial charge in [0.2, 0.25) is 0 Å². The highest BCUT2D eigenvalue weighted by atomic mass is 16.6. The topological polar surface area (TPSA) is 93.1 Å². The van der Waals surface area contributed by atoms with Crippen molar-refractivity contribution in [3.8, 4) is 11.5 Å². The van der Waals surface area contributed by atoms with Gasteiger partial charge in [-0.25, -0.2) is 9.59 Å². The summed E-state index contributed by atoms with van der Waals surface area (Å²) in [6.45, 7) is -0.350. The fraction of sp³-hybridized carbons (Fsp3) is 0.100. The molecule has 132 valence electrons. The minimum Gasteiger partial charge on any atom is -0.507 e. The number of hydrogen-bond acceptors (Lipinski definition) is 6. The van der Waals surface area contributed by atoms with Crippen LogP contribution in [-0.4, -0.2) is 35.4 Å². The molecule has 0 bridgehead atoms. The van der Waals surface area contributed by atoms with E-state index in [1.807, 2.05) is 12.1 Å². The van der Waals surface area contributed by atoms with E-state index in [4.69, 9.17) is 9.47 Å². The molecule has 3 aromatic carbocycles. The standard InChI is InChI=1S/C20H16O6/c21-17-8-4-3-7-15(17)19(23)25-11-12-26-20(24)16-10-9-13-5-1-2-6-14(13)18(16)22/h1-10,21-22H,11-12H2. The molecule has 0 unspecified atom stereocenters. The van der Waals surface area contributed by atoms with Gasteiger partial charge in [-0.1, -0.05) is 42.5 Å². The first-order valence-electron chi connectivity index (χ1n) is 7.91. The van der Waals surface area contributed by atoms with Crippen LogP contribution in [0.1, 0.15) is 20.7 Å². The van der Waals surface area contributed by atoms with Gasteiger partial charge in [0.05, 0.1) is 0 Å². The van der Waals surface area contributed by atoms with Gasteiger partial charge >= 0.3 is 11.9 Å². The third kappa shape index (κ3) is 3.59. The van der Waals surface area contributed by atoms with E-state index in [-0.39, 0.29) is 35.8 Å². The molecule has 3 rings (SSSR count). The average molecular weight is 352 g/mol. The molecule has 26 heavy (non-hydrogen) atoms. The minimum absolute atomic E-state index is 0.0333. The van der Waals surface area contributed by atoms with Crippen LogP contribution in [0.5, 0.6) is 11.5 Å². The van der Waals surface area contributed by atoms with Crippen LogP contribution in [-0.2, 0) is 9.47 Å². The lowest BCUT2D eigenvalue weighted by molar-refractivity contribution is 0.0262. The number of aromatic hydroxyl groups is 2. The zero-order valence-corrected chi connectivity index (χ0v) is 13.7. The molecule has 0 amide bonds. The van der Waals surface area contributed by atoms with Crippen LogP contribution in [0.4, 0.5) is 0 Å². The Bertz CT molecular complexity index is 963. The molecule has 0 fully saturated rings. The van der Waals surface area contributed by atoms with Crippen molar-refractivity contribution in [3.63, 3.8) is 0 Å². The molecule has 2 N–H and O–H groups in total. The second-order valence-corrected chi connectivity index (χ2v) is 5.47. The van der Waals surface area contributed by atoms with Gasteiger partial charge in [0.15, 0.2) is 0 Å². The largest absolute Gasteiger partial charge is 0.507 e. The maximum absolute atomic E-state index is 12.1. The second-order valence-electron chi connectivity index (χ2n) is 5.47. The highest BCUT2D eigenvalue weighted by molar-refractivity contribution is 6.01. The summed E-state index contributed by atoms with van der Waals surface area (Å²) in [7, 11) is 0. The number of esters is 2. The quantitative estimate of drug-likeness (QED) is 0.541. The Balaban J connectivity index is 1.57. The Kier molecular flexibility index (Phi) is 5.03. The Morgan fingerprint density at radius 1 is 0.731 bits per heavy atom. The van der Waals surface area contributed by atoms with Crippen LogP contribution in [0, 0.1) is 0 Å². The van der Waals surface area contributed by atoms with E-state index >= 15 is 0 Å². The lowest BCUT2D eigenvalue weighted by Gasteiger charge is -2.09. The van der Waals surface area contributed by atoms with Crippen LogP contribution in [0.15, 0.2) is 60.7 Å². The van der Waals surface area contributed by atoms with E-state index < -0.39 is 11.9 Å². The third-order valence-electron chi connectivity index (χ3n) is 3.79. The van der Waals surface area contributed by atoms with Crippen molar-refractivity contribution in [2.24, 2.45) is 0 Å². The summed E-state index contributed by atoms with van der Waals surface area (Å²) in [6.07, 6.45) is 0. The van der Waals surface area contributed by atoms with Gasteiger partial charge < -0.3 is 19.7 Å². The lowest BCUT2D eigenvalue weighted by Crippen LogP contribution is -2.14. The fourth-order valence-corrected chi connectivity index (χ4v) is 2.49. The van der Waals surface area contributed by atoms with Crippen molar-refractivity contribution in [3.05, 3.63) is 71.8 Å². The summed E-state index contributed by atoms with van der Waals surface area (Å²) in [5.41, 5.74) is 0.0710. The van der Waals surface area contributed by atoms with E-state index in [0.29, 0.717) is 5.39 Å². The van der Waals surface area contributed by atoms with Crippen LogP contribution >= 0.6 is 0 Å². The highest BCUT2D eigenvalue weighted by Gasteiger charge is 2.16. The Labute approximate surface area is 149 Å². The maximum atomic E-state index is 12.1. The van der Waals surface area contributed by atoms with Crippen molar-refractivity contribution >= 4 is 22.7 Å². The average Bonchev–Trinajstić information content (AvgIpc) is 2.65. The third-order valence-corrected chi connectivity index (χ3v) is 3.79. The number of phenols is 2. The van der Waals surface area contributed by atoms with Crippen LogP contribution < -0.4 is 0 Å². The molecule has 6 nitrogen and oxygen atoms in total. The minimum atomic E-state index is -0.716. The first-order valence-corrected chi connectivity index (χ1v) is 7.91. The molecule has 0 aliphatic rings. The number of fused-ring (bicyclic) bond motifs is 1. The number of ether oxygens (including phenoxy) is 2. The van der Waals surface area contributed by atoms with Crippen molar-refractivity contribution in [2.45, 2.75) is 0 Å². The molecule has 0 radical (unpaired) electrons. The van der Waals surface area contributed by atoms with Gasteiger partial charge in [0, 0.05) is 5.39 Å². The maximum Gasteiger partial charge on any atom is 0.342 e. The van der Waals surface area contributed by atoms with Gasteiger partial charge in [-0.15, -0.1) is 0 Å². The molecular formula is C20H16O6. The van der Waals surface area contributed by atoms with Crippen LogP contribution in [0.2, 0.25) is 0 Å². The summed E-state index contributed by atoms with van der Waals surface area (Å²) in [5.74, 6) is -1.77.